The molecule has 0 saturated heterocycles. The van der Waals surface area contributed by atoms with E-state index in [1.54, 1.807) is 0 Å². The van der Waals surface area contributed by atoms with Gasteiger partial charge >= 0.3 is 0 Å². The fraction of sp³-hybridized carbons (Fsp3) is 0.389. The van der Waals surface area contributed by atoms with E-state index < -0.39 is 0 Å². The van der Waals surface area contributed by atoms with Crippen molar-refractivity contribution in [2.24, 2.45) is 4.99 Å². The fourth-order valence-electron chi connectivity index (χ4n) is 3.51. The molecule has 1 aromatic rings. The molecule has 0 aromatic heterocycles. The van der Waals surface area contributed by atoms with E-state index in [0.29, 0.717) is 16.0 Å². The van der Waals surface area contributed by atoms with Gasteiger partial charge in [0, 0.05) is 16.5 Å². The first kappa shape index (κ1) is 14.9. The van der Waals surface area contributed by atoms with Gasteiger partial charge in [0.2, 0.25) is 0 Å². The summed E-state index contributed by atoms with van der Waals surface area (Å²) in [5.74, 6) is 1.50. The molecule has 114 valence electrons. The van der Waals surface area contributed by atoms with Crippen molar-refractivity contribution in [2.75, 3.05) is 5.75 Å². The van der Waals surface area contributed by atoms with Crippen LogP contribution in [0.4, 0.5) is 0 Å². The second-order valence-electron chi connectivity index (χ2n) is 5.98. The van der Waals surface area contributed by atoms with Crippen LogP contribution >= 0.6 is 35.0 Å². The van der Waals surface area contributed by atoms with Crippen molar-refractivity contribution in [2.45, 2.75) is 38.0 Å². The molecule has 0 bridgehead atoms. The normalized spacial score (nSPS) is 24.4. The number of thioether (sulfide) groups is 1. The average molecular weight is 350 g/mol. The van der Waals surface area contributed by atoms with Crippen LogP contribution < -0.4 is 0 Å². The summed E-state index contributed by atoms with van der Waals surface area (Å²) in [6.07, 6.45) is 8.19. The van der Waals surface area contributed by atoms with Crippen molar-refractivity contribution in [3.05, 3.63) is 56.1 Å². The summed E-state index contributed by atoms with van der Waals surface area (Å²) in [6, 6.07) is 6.07. The quantitative estimate of drug-likeness (QED) is 0.572. The molecule has 0 spiro atoms. The van der Waals surface area contributed by atoms with Gasteiger partial charge in [-0.3, -0.25) is 4.99 Å². The van der Waals surface area contributed by atoms with Crippen LogP contribution in [0.1, 0.15) is 43.6 Å². The zero-order valence-electron chi connectivity index (χ0n) is 12.2. The molecule has 0 N–H and O–H groups in total. The van der Waals surface area contributed by atoms with E-state index in [0.717, 1.165) is 19.3 Å². The molecule has 0 radical (unpaired) electrons. The molecule has 1 aromatic carbocycles. The number of aliphatic imine (C=N–C) groups is 1. The topological polar surface area (TPSA) is 12.4 Å². The van der Waals surface area contributed by atoms with Crippen LogP contribution in [0.3, 0.4) is 0 Å². The molecule has 0 amide bonds. The molecule has 4 heteroatoms. The fourth-order valence-corrected chi connectivity index (χ4v) is 5.07. The first-order valence-corrected chi connectivity index (χ1v) is 9.57. The van der Waals surface area contributed by atoms with Crippen molar-refractivity contribution in [3.63, 3.8) is 0 Å². The van der Waals surface area contributed by atoms with Gasteiger partial charge in [0.1, 0.15) is 0 Å². The van der Waals surface area contributed by atoms with E-state index >= 15 is 0 Å². The van der Waals surface area contributed by atoms with Crippen molar-refractivity contribution in [1.29, 1.82) is 0 Å². The number of halogens is 2. The summed E-state index contributed by atoms with van der Waals surface area (Å²) in [7, 11) is 0. The van der Waals surface area contributed by atoms with Crippen LogP contribution in [-0.2, 0) is 0 Å². The molecule has 4 rings (SSSR count). The number of fused-ring (bicyclic) bond motifs is 1. The van der Waals surface area contributed by atoms with E-state index in [2.05, 4.69) is 12.1 Å². The number of rotatable bonds is 1. The third kappa shape index (κ3) is 2.55. The Morgan fingerprint density at radius 2 is 2.00 bits per heavy atom. The van der Waals surface area contributed by atoms with E-state index in [1.165, 1.54) is 46.0 Å². The number of hydrogen-bond donors (Lipinski definition) is 0. The molecule has 1 aliphatic carbocycles. The van der Waals surface area contributed by atoms with Crippen molar-refractivity contribution >= 4 is 40.7 Å². The summed E-state index contributed by atoms with van der Waals surface area (Å²) in [4.78, 5) is 6.42. The van der Waals surface area contributed by atoms with Crippen LogP contribution in [0, 0.1) is 0 Å². The van der Waals surface area contributed by atoms with Gasteiger partial charge in [-0.25, -0.2) is 0 Å². The molecule has 22 heavy (non-hydrogen) atoms. The Morgan fingerprint density at radius 3 is 2.86 bits per heavy atom. The predicted octanol–water partition coefficient (Wildman–Crippen LogP) is 6.38. The Balaban J connectivity index is 1.86. The lowest BCUT2D eigenvalue weighted by Crippen LogP contribution is -2.22. The Morgan fingerprint density at radius 1 is 1.09 bits per heavy atom. The second-order valence-corrected chi connectivity index (χ2v) is 7.93. The van der Waals surface area contributed by atoms with Gasteiger partial charge in [-0.2, -0.15) is 0 Å². The lowest BCUT2D eigenvalue weighted by atomic mass is 9.80. The molecule has 0 fully saturated rings. The molecule has 2 aliphatic heterocycles. The summed E-state index contributed by atoms with van der Waals surface area (Å²) in [5, 5.41) is 1.26. The first-order chi connectivity index (χ1) is 10.7. The minimum absolute atomic E-state index is 0.308. The molecule has 2 heterocycles. The monoisotopic (exact) mass is 349 g/mol. The highest BCUT2D eigenvalue weighted by Crippen LogP contribution is 2.49. The van der Waals surface area contributed by atoms with Gasteiger partial charge in [-0.15, -0.1) is 11.8 Å². The zero-order valence-corrected chi connectivity index (χ0v) is 14.6. The van der Waals surface area contributed by atoms with E-state index in [9.17, 15) is 0 Å². The van der Waals surface area contributed by atoms with Crippen molar-refractivity contribution < 1.29 is 0 Å². The van der Waals surface area contributed by atoms with Crippen LogP contribution in [0.2, 0.25) is 10.0 Å². The highest BCUT2D eigenvalue weighted by Gasteiger charge is 2.33. The Labute approximate surface area is 145 Å². The van der Waals surface area contributed by atoms with Crippen molar-refractivity contribution in [1.82, 2.24) is 0 Å². The van der Waals surface area contributed by atoms with Gasteiger partial charge in [-0.1, -0.05) is 35.3 Å². The van der Waals surface area contributed by atoms with Gasteiger partial charge in [0.15, 0.2) is 0 Å². The van der Waals surface area contributed by atoms with Crippen LogP contribution in [0.5, 0.6) is 0 Å². The molecule has 1 atom stereocenters. The molecular weight excluding hydrogens is 333 g/mol. The SMILES string of the molecule is Clc1ccc(C2C3=CCCCC3=NC3=C2SCCC3)cc1Cl. The lowest BCUT2D eigenvalue weighted by molar-refractivity contribution is 0.793. The Kier molecular flexibility index (Phi) is 4.10. The van der Waals surface area contributed by atoms with E-state index in [-0.39, 0.29) is 0 Å². The van der Waals surface area contributed by atoms with Crippen LogP contribution in [0.15, 0.2) is 45.4 Å². The number of allylic oxidation sites excluding steroid dienone is 4. The first-order valence-electron chi connectivity index (χ1n) is 7.83. The largest absolute Gasteiger partial charge is 0.257 e. The second kappa shape index (κ2) is 6.07. The van der Waals surface area contributed by atoms with Gasteiger partial charge < -0.3 is 0 Å². The third-order valence-electron chi connectivity index (χ3n) is 4.54. The van der Waals surface area contributed by atoms with Gasteiger partial charge in [-0.05, 0) is 61.1 Å². The third-order valence-corrected chi connectivity index (χ3v) is 6.55. The van der Waals surface area contributed by atoms with Crippen molar-refractivity contribution in [3.8, 4) is 0 Å². The Hall–Kier alpha value is -0.700. The minimum Gasteiger partial charge on any atom is -0.257 e. The maximum absolute atomic E-state index is 6.28. The molecular formula is C18H17Cl2NS. The predicted molar refractivity (Wildman–Crippen MR) is 97.3 cm³/mol. The maximum Gasteiger partial charge on any atom is 0.0595 e. The number of nitrogens with zero attached hydrogens (tertiary/aromatic N) is 1. The number of hydrogen-bond acceptors (Lipinski definition) is 2. The minimum atomic E-state index is 0.308. The summed E-state index contributed by atoms with van der Waals surface area (Å²) in [5.41, 5.74) is 5.25. The standard InChI is InChI=1S/C18H17Cl2NS/c19-13-8-7-11(10-14(13)20)17-12-4-1-2-5-15(12)21-16-6-3-9-22-18(16)17/h4,7-8,10,17H,1-3,5-6,9H2. The van der Waals surface area contributed by atoms with Gasteiger partial charge in [0.25, 0.3) is 0 Å². The highest BCUT2D eigenvalue weighted by molar-refractivity contribution is 8.03. The van der Waals surface area contributed by atoms with Gasteiger partial charge in [0.05, 0.1) is 15.7 Å². The lowest BCUT2D eigenvalue weighted by Gasteiger charge is -2.34. The molecule has 1 unspecified atom stereocenters. The highest BCUT2D eigenvalue weighted by atomic mass is 35.5. The van der Waals surface area contributed by atoms with Crippen LogP contribution in [-0.4, -0.2) is 11.5 Å². The Bertz CT molecular complexity index is 718. The van der Waals surface area contributed by atoms with Crippen LogP contribution in [0.25, 0.3) is 0 Å². The molecule has 0 saturated carbocycles. The molecule has 1 nitrogen and oxygen atoms in total. The number of benzene rings is 1. The van der Waals surface area contributed by atoms with E-state index in [1.807, 2.05) is 23.9 Å². The zero-order chi connectivity index (χ0) is 15.1. The average Bonchev–Trinajstić information content (AvgIpc) is 2.55. The molecule has 3 aliphatic rings. The smallest absolute Gasteiger partial charge is 0.0595 e. The summed E-state index contributed by atoms with van der Waals surface area (Å²) < 4.78 is 0. The maximum atomic E-state index is 6.28. The summed E-state index contributed by atoms with van der Waals surface area (Å²) >= 11 is 14.4. The summed E-state index contributed by atoms with van der Waals surface area (Å²) in [6.45, 7) is 0. The van der Waals surface area contributed by atoms with E-state index in [4.69, 9.17) is 28.2 Å².